The van der Waals surface area contributed by atoms with Crippen molar-refractivity contribution in [3.8, 4) is 0 Å². The lowest BCUT2D eigenvalue weighted by atomic mass is 9.91. The van der Waals surface area contributed by atoms with E-state index in [0.29, 0.717) is 25.9 Å². The van der Waals surface area contributed by atoms with E-state index < -0.39 is 11.8 Å². The Labute approximate surface area is 114 Å². The highest BCUT2D eigenvalue weighted by molar-refractivity contribution is 5.68. The van der Waals surface area contributed by atoms with E-state index >= 15 is 0 Å². The average molecular weight is 273 g/mol. The number of halogens is 1. The summed E-state index contributed by atoms with van der Waals surface area (Å²) >= 11 is 0. The summed E-state index contributed by atoms with van der Waals surface area (Å²) in [4.78, 5) is 13.7. The Kier molecular flexibility index (Phi) is 4.04. The average Bonchev–Trinajstić information content (AvgIpc) is 2.52. The van der Waals surface area contributed by atoms with Crippen molar-refractivity contribution in [1.29, 1.82) is 0 Å². The van der Waals surface area contributed by atoms with Gasteiger partial charge in [0.1, 0.15) is 11.8 Å². The highest BCUT2D eigenvalue weighted by atomic mass is 19.1. The maximum atomic E-state index is 13.3. The molecular weight excluding hydrogens is 249 g/mol. The van der Waals surface area contributed by atoms with E-state index in [-0.39, 0.29) is 18.3 Å². The molecule has 4 nitrogen and oxygen atoms in total. The number of carbonyl (C=O) groups is 1. The van der Waals surface area contributed by atoms with Gasteiger partial charge >= 0.3 is 6.09 Å². The summed E-state index contributed by atoms with van der Waals surface area (Å²) in [6.07, 6.45) is 1.70. The SMILES string of the molecule is CC(C)(C)OC(=O)N1CCCC2(CC1)CC(F)CO2. The van der Waals surface area contributed by atoms with Gasteiger partial charge in [-0.1, -0.05) is 0 Å². The van der Waals surface area contributed by atoms with E-state index in [1.807, 2.05) is 20.8 Å². The predicted molar refractivity (Wildman–Crippen MR) is 69.9 cm³/mol. The second-order valence-electron chi connectivity index (χ2n) is 6.62. The molecule has 2 saturated heterocycles. The fourth-order valence-corrected chi connectivity index (χ4v) is 2.81. The molecule has 0 N–H and O–H groups in total. The monoisotopic (exact) mass is 273 g/mol. The summed E-state index contributed by atoms with van der Waals surface area (Å²) < 4.78 is 24.4. The molecule has 2 aliphatic rings. The summed E-state index contributed by atoms with van der Waals surface area (Å²) in [5.41, 5.74) is -0.828. The number of amides is 1. The molecule has 1 amide bonds. The van der Waals surface area contributed by atoms with Crippen LogP contribution in [0.3, 0.4) is 0 Å². The van der Waals surface area contributed by atoms with Crippen LogP contribution in [0.1, 0.15) is 46.5 Å². The number of hydrogen-bond donors (Lipinski definition) is 0. The summed E-state index contributed by atoms with van der Waals surface area (Å²) in [6.45, 7) is 7.03. The highest BCUT2D eigenvalue weighted by Crippen LogP contribution is 2.37. The molecule has 0 radical (unpaired) electrons. The molecule has 0 aromatic carbocycles. The van der Waals surface area contributed by atoms with Crippen LogP contribution in [-0.4, -0.2) is 48.1 Å². The Morgan fingerprint density at radius 1 is 1.37 bits per heavy atom. The molecule has 0 saturated carbocycles. The molecule has 0 aromatic rings. The largest absolute Gasteiger partial charge is 0.444 e. The maximum absolute atomic E-state index is 13.3. The van der Waals surface area contributed by atoms with Crippen LogP contribution in [-0.2, 0) is 9.47 Å². The molecular formula is C14H24FNO3. The highest BCUT2D eigenvalue weighted by Gasteiger charge is 2.42. The zero-order valence-electron chi connectivity index (χ0n) is 12.1. The van der Waals surface area contributed by atoms with Crippen LogP contribution in [0.4, 0.5) is 9.18 Å². The first-order valence-corrected chi connectivity index (χ1v) is 7.06. The van der Waals surface area contributed by atoms with Gasteiger partial charge in [-0.05, 0) is 40.0 Å². The molecule has 2 fully saturated rings. The van der Waals surface area contributed by atoms with E-state index in [4.69, 9.17) is 9.47 Å². The number of alkyl halides is 1. The van der Waals surface area contributed by atoms with Crippen molar-refractivity contribution in [2.75, 3.05) is 19.7 Å². The number of hydrogen-bond acceptors (Lipinski definition) is 3. The van der Waals surface area contributed by atoms with Gasteiger partial charge in [-0.3, -0.25) is 0 Å². The van der Waals surface area contributed by atoms with E-state index in [9.17, 15) is 9.18 Å². The van der Waals surface area contributed by atoms with Gasteiger partial charge in [-0.25, -0.2) is 9.18 Å². The minimum absolute atomic E-state index is 0.201. The van der Waals surface area contributed by atoms with Gasteiger partial charge in [0.2, 0.25) is 0 Å². The Balaban J connectivity index is 1.92. The molecule has 19 heavy (non-hydrogen) atoms. The van der Waals surface area contributed by atoms with E-state index in [2.05, 4.69) is 0 Å². The molecule has 1 spiro atoms. The van der Waals surface area contributed by atoms with Crippen molar-refractivity contribution in [3.63, 3.8) is 0 Å². The lowest BCUT2D eigenvalue weighted by Gasteiger charge is -2.28. The molecule has 2 rings (SSSR count). The molecule has 110 valence electrons. The smallest absolute Gasteiger partial charge is 0.410 e. The van der Waals surface area contributed by atoms with Gasteiger partial charge < -0.3 is 14.4 Å². The number of likely N-dealkylation sites (tertiary alicyclic amines) is 1. The van der Waals surface area contributed by atoms with Crippen molar-refractivity contribution in [3.05, 3.63) is 0 Å². The standard InChI is InChI=1S/C14H24FNO3/c1-13(2,3)19-12(17)16-7-4-5-14(6-8-16)9-11(15)10-18-14/h11H,4-10H2,1-3H3. The number of ether oxygens (including phenoxy) is 2. The third-order valence-electron chi connectivity index (χ3n) is 3.71. The quantitative estimate of drug-likeness (QED) is 0.681. The zero-order valence-corrected chi connectivity index (χ0v) is 12.1. The third-order valence-corrected chi connectivity index (χ3v) is 3.71. The molecule has 2 unspecified atom stereocenters. The minimum Gasteiger partial charge on any atom is -0.444 e. The molecule has 5 heteroatoms. The minimum atomic E-state index is -0.854. The number of carbonyl (C=O) groups excluding carboxylic acids is 1. The van der Waals surface area contributed by atoms with Crippen molar-refractivity contribution in [2.24, 2.45) is 0 Å². The first-order chi connectivity index (χ1) is 8.80. The van der Waals surface area contributed by atoms with E-state index in [0.717, 1.165) is 12.8 Å². The first kappa shape index (κ1) is 14.6. The topological polar surface area (TPSA) is 38.8 Å². The summed E-state index contributed by atoms with van der Waals surface area (Å²) in [7, 11) is 0. The van der Waals surface area contributed by atoms with E-state index in [1.54, 1.807) is 4.90 Å². The normalized spacial score (nSPS) is 32.4. The van der Waals surface area contributed by atoms with Crippen LogP contribution < -0.4 is 0 Å². The first-order valence-electron chi connectivity index (χ1n) is 7.06. The van der Waals surface area contributed by atoms with Crippen molar-refractivity contribution >= 4 is 6.09 Å². The van der Waals surface area contributed by atoms with Crippen LogP contribution >= 0.6 is 0 Å². The Hall–Kier alpha value is -0.840. The van der Waals surface area contributed by atoms with Gasteiger partial charge in [-0.15, -0.1) is 0 Å². The molecule has 0 aromatic heterocycles. The maximum Gasteiger partial charge on any atom is 0.410 e. The zero-order chi connectivity index (χ0) is 14.1. The van der Waals surface area contributed by atoms with Crippen LogP contribution in [0, 0.1) is 0 Å². The number of rotatable bonds is 0. The summed E-state index contributed by atoms with van der Waals surface area (Å²) in [5, 5.41) is 0. The van der Waals surface area contributed by atoms with Crippen LogP contribution in [0.25, 0.3) is 0 Å². The Bertz CT molecular complexity index is 342. The molecule has 2 atom stereocenters. The van der Waals surface area contributed by atoms with E-state index in [1.165, 1.54) is 0 Å². The molecule has 0 bridgehead atoms. The lowest BCUT2D eigenvalue weighted by Crippen LogP contribution is -2.38. The second-order valence-corrected chi connectivity index (χ2v) is 6.62. The lowest BCUT2D eigenvalue weighted by molar-refractivity contribution is -0.0100. The second kappa shape index (κ2) is 5.27. The van der Waals surface area contributed by atoms with Crippen molar-refractivity contribution in [2.45, 2.75) is 63.8 Å². The fraction of sp³-hybridized carbons (Fsp3) is 0.929. The Morgan fingerprint density at radius 2 is 2.11 bits per heavy atom. The van der Waals surface area contributed by atoms with Gasteiger partial charge in [0.25, 0.3) is 0 Å². The van der Waals surface area contributed by atoms with Gasteiger partial charge in [-0.2, -0.15) is 0 Å². The third kappa shape index (κ3) is 3.81. The Morgan fingerprint density at radius 3 is 2.68 bits per heavy atom. The number of nitrogens with zero attached hydrogens (tertiary/aromatic N) is 1. The molecule has 2 heterocycles. The molecule has 2 aliphatic heterocycles. The summed E-state index contributed by atoms with van der Waals surface area (Å²) in [6, 6.07) is 0. The van der Waals surface area contributed by atoms with Crippen LogP contribution in [0.15, 0.2) is 0 Å². The van der Waals surface area contributed by atoms with Gasteiger partial charge in [0.15, 0.2) is 0 Å². The fourth-order valence-electron chi connectivity index (χ4n) is 2.81. The van der Waals surface area contributed by atoms with Crippen molar-refractivity contribution < 1.29 is 18.7 Å². The predicted octanol–water partition coefficient (Wildman–Crippen LogP) is 2.90. The van der Waals surface area contributed by atoms with Gasteiger partial charge in [0, 0.05) is 19.5 Å². The van der Waals surface area contributed by atoms with Crippen molar-refractivity contribution in [1.82, 2.24) is 4.90 Å². The van der Waals surface area contributed by atoms with Crippen LogP contribution in [0.2, 0.25) is 0 Å². The summed E-state index contributed by atoms with van der Waals surface area (Å²) in [5.74, 6) is 0. The molecule has 0 aliphatic carbocycles. The van der Waals surface area contributed by atoms with Crippen LogP contribution in [0.5, 0.6) is 0 Å². The van der Waals surface area contributed by atoms with Gasteiger partial charge in [0.05, 0.1) is 12.2 Å².